The molecular formula is C13H18N2O3S. The van der Waals surface area contributed by atoms with Crippen molar-refractivity contribution in [1.29, 1.82) is 0 Å². The first-order valence-corrected chi connectivity index (χ1v) is 7.44. The average Bonchev–Trinajstić information content (AvgIpc) is 3.04. The first kappa shape index (κ1) is 12.9. The van der Waals surface area contributed by atoms with Crippen LogP contribution >= 0.6 is 11.3 Å². The molecule has 2 heterocycles. The Bertz CT molecular complexity index is 484. The average molecular weight is 282 g/mol. The van der Waals surface area contributed by atoms with Crippen molar-refractivity contribution in [3.05, 3.63) is 10.6 Å². The first-order valence-electron chi connectivity index (χ1n) is 6.63. The van der Waals surface area contributed by atoms with Gasteiger partial charge in [0.1, 0.15) is 4.88 Å². The summed E-state index contributed by atoms with van der Waals surface area (Å²) in [4.78, 5) is 16.5. The van der Waals surface area contributed by atoms with E-state index in [0.717, 1.165) is 23.9 Å². The monoisotopic (exact) mass is 282 g/mol. The highest BCUT2D eigenvalue weighted by molar-refractivity contribution is 7.17. The van der Waals surface area contributed by atoms with Crippen molar-refractivity contribution in [1.82, 2.24) is 4.98 Å². The minimum Gasteiger partial charge on any atom is -0.465 e. The van der Waals surface area contributed by atoms with Gasteiger partial charge in [-0.15, -0.1) is 0 Å². The molecule has 1 saturated heterocycles. The Labute approximate surface area is 116 Å². The van der Waals surface area contributed by atoms with E-state index in [-0.39, 0.29) is 5.97 Å². The van der Waals surface area contributed by atoms with Crippen LogP contribution in [0.2, 0.25) is 0 Å². The van der Waals surface area contributed by atoms with E-state index in [0.29, 0.717) is 22.9 Å². The van der Waals surface area contributed by atoms with Gasteiger partial charge in [0, 0.05) is 6.61 Å². The van der Waals surface area contributed by atoms with Gasteiger partial charge < -0.3 is 14.8 Å². The number of ether oxygens (including phenoxy) is 2. The number of nitrogens with zero attached hydrogens (tertiary/aromatic N) is 1. The predicted molar refractivity (Wildman–Crippen MR) is 72.7 cm³/mol. The third kappa shape index (κ3) is 2.60. The summed E-state index contributed by atoms with van der Waals surface area (Å²) >= 11 is 1.36. The molecule has 1 aromatic heterocycles. The molecule has 1 aliphatic heterocycles. The molecule has 2 unspecified atom stereocenters. The van der Waals surface area contributed by atoms with Gasteiger partial charge in [-0.1, -0.05) is 11.3 Å². The number of anilines is 1. The van der Waals surface area contributed by atoms with E-state index in [1.165, 1.54) is 31.3 Å². The Balaban J connectivity index is 1.71. The van der Waals surface area contributed by atoms with Crippen molar-refractivity contribution < 1.29 is 14.3 Å². The quantitative estimate of drug-likeness (QED) is 0.858. The number of esters is 1. The van der Waals surface area contributed by atoms with Gasteiger partial charge in [-0.2, -0.15) is 0 Å². The molecule has 1 N–H and O–H groups in total. The SMILES string of the molecule is COC(=O)c1sc(NC2CCOC2C2CC2)nc1C. The highest BCUT2D eigenvalue weighted by Gasteiger charge is 2.40. The third-order valence-corrected chi connectivity index (χ3v) is 4.77. The lowest BCUT2D eigenvalue weighted by Crippen LogP contribution is -2.30. The molecule has 6 heteroatoms. The molecule has 2 atom stereocenters. The Morgan fingerprint density at radius 3 is 2.95 bits per heavy atom. The highest BCUT2D eigenvalue weighted by atomic mass is 32.1. The van der Waals surface area contributed by atoms with Crippen molar-refractivity contribution in [3.63, 3.8) is 0 Å². The van der Waals surface area contributed by atoms with Gasteiger partial charge in [0.2, 0.25) is 0 Å². The zero-order chi connectivity index (χ0) is 13.4. The van der Waals surface area contributed by atoms with Crippen LogP contribution in [0.25, 0.3) is 0 Å². The number of nitrogens with one attached hydrogen (secondary N) is 1. The lowest BCUT2D eigenvalue weighted by atomic mass is 10.1. The van der Waals surface area contributed by atoms with Crippen molar-refractivity contribution in [2.45, 2.75) is 38.3 Å². The molecule has 1 saturated carbocycles. The van der Waals surface area contributed by atoms with Gasteiger partial charge in [-0.05, 0) is 32.1 Å². The van der Waals surface area contributed by atoms with E-state index < -0.39 is 0 Å². The topological polar surface area (TPSA) is 60.5 Å². The maximum absolute atomic E-state index is 11.6. The Morgan fingerprint density at radius 2 is 2.26 bits per heavy atom. The molecule has 2 aliphatic rings. The Kier molecular flexibility index (Phi) is 3.45. The molecular weight excluding hydrogens is 264 g/mol. The van der Waals surface area contributed by atoms with Gasteiger partial charge in [0.05, 0.1) is 24.9 Å². The zero-order valence-electron chi connectivity index (χ0n) is 11.1. The maximum Gasteiger partial charge on any atom is 0.350 e. The van der Waals surface area contributed by atoms with Crippen molar-refractivity contribution >= 4 is 22.4 Å². The van der Waals surface area contributed by atoms with Gasteiger partial charge in [0.15, 0.2) is 5.13 Å². The van der Waals surface area contributed by atoms with Gasteiger partial charge >= 0.3 is 5.97 Å². The summed E-state index contributed by atoms with van der Waals surface area (Å²) < 4.78 is 10.5. The largest absolute Gasteiger partial charge is 0.465 e. The smallest absolute Gasteiger partial charge is 0.350 e. The van der Waals surface area contributed by atoms with Crippen LogP contribution < -0.4 is 5.32 Å². The third-order valence-electron chi connectivity index (χ3n) is 3.70. The summed E-state index contributed by atoms with van der Waals surface area (Å²) in [5.74, 6) is 0.394. The second-order valence-electron chi connectivity index (χ2n) is 5.14. The second kappa shape index (κ2) is 5.09. The molecule has 2 fully saturated rings. The van der Waals surface area contributed by atoms with E-state index in [2.05, 4.69) is 10.3 Å². The number of methoxy groups -OCH3 is 1. The second-order valence-corrected chi connectivity index (χ2v) is 6.14. The van der Waals surface area contributed by atoms with Crippen LogP contribution in [-0.4, -0.2) is 36.8 Å². The lowest BCUT2D eigenvalue weighted by Gasteiger charge is -2.18. The molecule has 0 spiro atoms. The fraction of sp³-hybridized carbons (Fsp3) is 0.692. The molecule has 0 aromatic carbocycles. The van der Waals surface area contributed by atoms with Crippen LogP contribution in [0, 0.1) is 12.8 Å². The van der Waals surface area contributed by atoms with E-state index in [9.17, 15) is 4.79 Å². The number of carbonyl (C=O) groups is 1. The van der Waals surface area contributed by atoms with Crippen LogP contribution in [0.5, 0.6) is 0 Å². The van der Waals surface area contributed by atoms with Gasteiger partial charge in [-0.25, -0.2) is 9.78 Å². The standard InChI is InChI=1S/C13H18N2O3S/c1-7-11(12(16)17-2)19-13(14-7)15-9-5-6-18-10(9)8-3-4-8/h8-10H,3-6H2,1-2H3,(H,14,15). The molecule has 0 radical (unpaired) electrons. The predicted octanol–water partition coefficient (Wildman–Crippen LogP) is 2.22. The molecule has 1 aromatic rings. The van der Waals surface area contributed by atoms with Crippen molar-refractivity contribution in [3.8, 4) is 0 Å². The summed E-state index contributed by atoms with van der Waals surface area (Å²) in [6, 6.07) is 0.323. The number of aromatic nitrogens is 1. The van der Waals surface area contributed by atoms with Crippen LogP contribution in [0.1, 0.15) is 34.6 Å². The molecule has 0 bridgehead atoms. The molecule has 0 amide bonds. The van der Waals surface area contributed by atoms with Gasteiger partial charge in [0.25, 0.3) is 0 Å². The minimum atomic E-state index is -0.315. The summed E-state index contributed by atoms with van der Waals surface area (Å²) in [5, 5.41) is 4.22. The Hall–Kier alpha value is -1.14. The van der Waals surface area contributed by atoms with Crippen LogP contribution in [-0.2, 0) is 9.47 Å². The fourth-order valence-corrected chi connectivity index (χ4v) is 3.50. The fourth-order valence-electron chi connectivity index (χ4n) is 2.55. The van der Waals surface area contributed by atoms with Crippen LogP contribution in [0.3, 0.4) is 0 Å². The van der Waals surface area contributed by atoms with Crippen LogP contribution in [0.4, 0.5) is 5.13 Å². The van der Waals surface area contributed by atoms with Crippen molar-refractivity contribution in [2.75, 3.05) is 19.0 Å². The summed E-state index contributed by atoms with van der Waals surface area (Å²) in [6.07, 6.45) is 3.86. The highest BCUT2D eigenvalue weighted by Crippen LogP contribution is 2.40. The van der Waals surface area contributed by atoms with Crippen LogP contribution in [0.15, 0.2) is 0 Å². The minimum absolute atomic E-state index is 0.311. The summed E-state index contributed by atoms with van der Waals surface area (Å²) in [7, 11) is 1.39. The zero-order valence-corrected chi connectivity index (χ0v) is 12.0. The van der Waals surface area contributed by atoms with E-state index >= 15 is 0 Å². The van der Waals surface area contributed by atoms with E-state index in [4.69, 9.17) is 9.47 Å². The molecule has 1 aliphatic carbocycles. The lowest BCUT2D eigenvalue weighted by molar-refractivity contribution is 0.0605. The number of rotatable bonds is 4. The molecule has 5 nitrogen and oxygen atoms in total. The van der Waals surface area contributed by atoms with Crippen molar-refractivity contribution in [2.24, 2.45) is 5.92 Å². The Morgan fingerprint density at radius 1 is 1.47 bits per heavy atom. The van der Waals surface area contributed by atoms with E-state index in [1.54, 1.807) is 0 Å². The molecule has 3 rings (SSSR count). The number of hydrogen-bond acceptors (Lipinski definition) is 6. The normalized spacial score (nSPS) is 26.4. The maximum atomic E-state index is 11.6. The molecule has 19 heavy (non-hydrogen) atoms. The first-order chi connectivity index (χ1) is 9.19. The molecule has 104 valence electrons. The number of carbonyl (C=O) groups excluding carboxylic acids is 1. The number of hydrogen-bond donors (Lipinski definition) is 1. The number of aryl methyl sites for hydroxylation is 1. The number of thiazole rings is 1. The summed E-state index contributed by atoms with van der Waals surface area (Å²) in [6.45, 7) is 2.64. The van der Waals surface area contributed by atoms with Gasteiger partial charge in [-0.3, -0.25) is 0 Å². The van der Waals surface area contributed by atoms with E-state index in [1.807, 2.05) is 6.92 Å². The summed E-state index contributed by atoms with van der Waals surface area (Å²) in [5.41, 5.74) is 0.723.